The molecule has 5 heteroatoms. The van der Waals surface area contributed by atoms with Crippen LogP contribution in [0.1, 0.15) is 22.6 Å². The Kier molecular flexibility index (Phi) is 8.40. The predicted octanol–water partition coefficient (Wildman–Crippen LogP) is 4.98. The quantitative estimate of drug-likeness (QED) is 0.484. The number of aryl methyl sites for hydroxylation is 1. The number of halogens is 1. The van der Waals surface area contributed by atoms with Gasteiger partial charge in [-0.15, -0.1) is 0 Å². The van der Waals surface area contributed by atoms with Crippen LogP contribution in [0, 0.1) is 6.92 Å². The molecule has 0 unspecified atom stereocenters. The van der Waals surface area contributed by atoms with Crippen LogP contribution in [0.4, 0.5) is 5.69 Å². The molecule has 1 N–H and O–H groups in total. The summed E-state index contributed by atoms with van der Waals surface area (Å²) in [5.41, 5.74) is 4.91. The first-order chi connectivity index (χ1) is 16.1. The fourth-order valence-corrected chi connectivity index (χ4v) is 4.69. The second-order valence-electron chi connectivity index (χ2n) is 8.78. The molecule has 3 aromatic rings. The summed E-state index contributed by atoms with van der Waals surface area (Å²) in [6, 6.07) is 26.9. The number of benzene rings is 3. The maximum Gasteiger partial charge on any atom is 0.0900 e. The molecule has 3 aromatic carbocycles. The van der Waals surface area contributed by atoms with Crippen LogP contribution >= 0.6 is 11.6 Å². The third kappa shape index (κ3) is 6.58. The topological polar surface area (TPSA) is 35.9 Å². The van der Waals surface area contributed by atoms with Gasteiger partial charge in [0.05, 0.1) is 19.3 Å². The van der Waals surface area contributed by atoms with Gasteiger partial charge in [-0.25, -0.2) is 0 Å². The van der Waals surface area contributed by atoms with E-state index in [9.17, 15) is 5.11 Å². The highest BCUT2D eigenvalue weighted by atomic mass is 35.5. The van der Waals surface area contributed by atoms with Crippen molar-refractivity contribution in [2.24, 2.45) is 0 Å². The van der Waals surface area contributed by atoms with Crippen LogP contribution in [0.25, 0.3) is 0 Å². The molecule has 0 bridgehead atoms. The minimum Gasteiger partial charge on any atom is -0.389 e. The summed E-state index contributed by atoms with van der Waals surface area (Å²) in [6.45, 7) is 7.33. The van der Waals surface area contributed by atoms with Gasteiger partial charge in [0.2, 0.25) is 0 Å². The Morgan fingerprint density at radius 1 is 0.848 bits per heavy atom. The number of nitrogens with zero attached hydrogens (tertiary/aromatic N) is 2. The van der Waals surface area contributed by atoms with Gasteiger partial charge in [-0.05, 0) is 35.7 Å². The molecule has 0 saturated carbocycles. The van der Waals surface area contributed by atoms with Crippen LogP contribution in [-0.4, -0.2) is 62.0 Å². The van der Waals surface area contributed by atoms with Gasteiger partial charge in [0.25, 0.3) is 0 Å². The fraction of sp³-hybridized carbons (Fsp3) is 0.357. The normalized spacial score (nSPS) is 15.7. The zero-order valence-corrected chi connectivity index (χ0v) is 20.0. The number of β-amino-alcohol motifs (C(OH)–C–C–N with tert-alkyl or cyclic N) is 1. The van der Waals surface area contributed by atoms with E-state index in [-0.39, 0.29) is 5.92 Å². The highest BCUT2D eigenvalue weighted by molar-refractivity contribution is 6.30. The Morgan fingerprint density at radius 3 is 2.06 bits per heavy atom. The van der Waals surface area contributed by atoms with Gasteiger partial charge in [-0.1, -0.05) is 78.3 Å². The molecular weight excluding hydrogens is 432 g/mol. The molecule has 4 nitrogen and oxygen atoms in total. The maximum absolute atomic E-state index is 10.6. The van der Waals surface area contributed by atoms with Crippen molar-refractivity contribution in [2.45, 2.75) is 18.9 Å². The van der Waals surface area contributed by atoms with Gasteiger partial charge in [-0.2, -0.15) is 0 Å². The number of aliphatic hydroxyl groups excluding tert-OH is 1. The van der Waals surface area contributed by atoms with Crippen LogP contribution in [0.15, 0.2) is 78.9 Å². The minimum atomic E-state index is -0.503. The molecule has 1 aliphatic heterocycles. The van der Waals surface area contributed by atoms with Crippen molar-refractivity contribution in [1.29, 1.82) is 0 Å². The molecule has 1 fully saturated rings. The van der Waals surface area contributed by atoms with E-state index < -0.39 is 6.10 Å². The number of piperazine rings is 1. The zero-order chi connectivity index (χ0) is 23.0. The van der Waals surface area contributed by atoms with Crippen LogP contribution in [0.2, 0.25) is 5.02 Å². The van der Waals surface area contributed by atoms with E-state index in [0.29, 0.717) is 19.8 Å². The van der Waals surface area contributed by atoms with Crippen LogP contribution < -0.4 is 4.90 Å². The molecular formula is C28H33ClN2O2. The SMILES string of the molecule is Cc1ccc(Cl)cc1N1CCN(C[C@H](O)COCC(c2ccccc2)c2ccccc2)CC1. The minimum absolute atomic E-state index is 0.157. The lowest BCUT2D eigenvalue weighted by Gasteiger charge is -2.37. The van der Waals surface area contributed by atoms with Crippen molar-refractivity contribution in [3.8, 4) is 0 Å². The summed E-state index contributed by atoms with van der Waals surface area (Å²) in [7, 11) is 0. The van der Waals surface area contributed by atoms with Crippen LogP contribution in [0.5, 0.6) is 0 Å². The molecule has 0 amide bonds. The predicted molar refractivity (Wildman–Crippen MR) is 136 cm³/mol. The number of ether oxygens (including phenoxy) is 1. The standard InChI is InChI=1S/C28H33ClN2O2/c1-22-12-13-25(29)18-28(22)31-16-14-30(15-17-31)19-26(32)20-33-21-27(23-8-4-2-5-9-23)24-10-6-3-7-11-24/h2-13,18,26-27,32H,14-17,19-21H2,1H3/t26-/m0/s1. The molecule has 0 aliphatic carbocycles. The van der Waals surface area contributed by atoms with Gasteiger partial charge in [0, 0.05) is 49.4 Å². The Morgan fingerprint density at radius 2 is 1.45 bits per heavy atom. The van der Waals surface area contributed by atoms with Crippen molar-refractivity contribution in [3.05, 3.63) is 101 Å². The maximum atomic E-state index is 10.6. The molecule has 0 radical (unpaired) electrons. The third-order valence-corrected chi connectivity index (χ3v) is 6.59. The zero-order valence-electron chi connectivity index (χ0n) is 19.2. The van der Waals surface area contributed by atoms with E-state index in [4.69, 9.17) is 16.3 Å². The first-order valence-electron chi connectivity index (χ1n) is 11.7. The fourth-order valence-electron chi connectivity index (χ4n) is 4.52. The van der Waals surface area contributed by atoms with Gasteiger partial charge >= 0.3 is 0 Å². The largest absolute Gasteiger partial charge is 0.389 e. The summed E-state index contributed by atoms with van der Waals surface area (Å²) in [5, 5.41) is 11.4. The van der Waals surface area contributed by atoms with Crippen molar-refractivity contribution < 1.29 is 9.84 Å². The Labute approximate surface area is 202 Å². The van der Waals surface area contributed by atoms with Crippen LogP contribution in [0.3, 0.4) is 0 Å². The van der Waals surface area contributed by atoms with Gasteiger partial charge in [-0.3, -0.25) is 4.90 Å². The Bertz CT molecular complexity index is 952. The monoisotopic (exact) mass is 464 g/mol. The van der Waals surface area contributed by atoms with E-state index in [1.807, 2.05) is 24.3 Å². The first kappa shape index (κ1) is 23.8. The lowest BCUT2D eigenvalue weighted by Crippen LogP contribution is -2.49. The molecule has 4 rings (SSSR count). The summed E-state index contributed by atoms with van der Waals surface area (Å²) >= 11 is 6.20. The highest BCUT2D eigenvalue weighted by Crippen LogP contribution is 2.26. The average Bonchev–Trinajstić information content (AvgIpc) is 2.85. The van der Waals surface area contributed by atoms with Crippen molar-refractivity contribution in [1.82, 2.24) is 4.90 Å². The van der Waals surface area contributed by atoms with Crippen molar-refractivity contribution in [3.63, 3.8) is 0 Å². The summed E-state index contributed by atoms with van der Waals surface area (Å²) in [6.07, 6.45) is -0.503. The molecule has 33 heavy (non-hydrogen) atoms. The smallest absolute Gasteiger partial charge is 0.0900 e. The van der Waals surface area contributed by atoms with E-state index in [0.717, 1.165) is 31.2 Å². The molecule has 1 atom stereocenters. The van der Waals surface area contributed by atoms with E-state index in [1.165, 1.54) is 22.4 Å². The Hall–Kier alpha value is -2.37. The Balaban J connectivity index is 1.25. The average molecular weight is 465 g/mol. The van der Waals surface area contributed by atoms with Crippen molar-refractivity contribution in [2.75, 3.05) is 50.8 Å². The number of rotatable bonds is 9. The first-order valence-corrected chi connectivity index (χ1v) is 12.1. The number of hydrogen-bond acceptors (Lipinski definition) is 4. The highest BCUT2D eigenvalue weighted by Gasteiger charge is 2.21. The molecule has 0 spiro atoms. The summed E-state index contributed by atoms with van der Waals surface area (Å²) in [4.78, 5) is 4.70. The van der Waals surface area contributed by atoms with E-state index in [2.05, 4.69) is 71.3 Å². The molecule has 1 aliphatic rings. The van der Waals surface area contributed by atoms with Crippen LogP contribution in [-0.2, 0) is 4.74 Å². The molecule has 1 saturated heterocycles. The van der Waals surface area contributed by atoms with Gasteiger partial charge in [0.15, 0.2) is 0 Å². The summed E-state index contributed by atoms with van der Waals surface area (Å²) < 4.78 is 6.03. The third-order valence-electron chi connectivity index (χ3n) is 6.35. The number of hydrogen-bond donors (Lipinski definition) is 1. The lowest BCUT2D eigenvalue weighted by atomic mass is 9.92. The molecule has 1 heterocycles. The molecule has 174 valence electrons. The second-order valence-corrected chi connectivity index (χ2v) is 9.22. The lowest BCUT2D eigenvalue weighted by molar-refractivity contribution is 0.0136. The van der Waals surface area contributed by atoms with Gasteiger partial charge in [0.1, 0.15) is 0 Å². The number of anilines is 1. The summed E-state index contributed by atoms with van der Waals surface area (Å²) in [5.74, 6) is 0.157. The van der Waals surface area contributed by atoms with E-state index >= 15 is 0 Å². The number of aliphatic hydroxyl groups is 1. The van der Waals surface area contributed by atoms with Crippen molar-refractivity contribution >= 4 is 17.3 Å². The van der Waals surface area contributed by atoms with E-state index in [1.54, 1.807) is 0 Å². The second kappa shape index (κ2) is 11.7. The van der Waals surface area contributed by atoms with Gasteiger partial charge < -0.3 is 14.7 Å². The molecule has 0 aromatic heterocycles.